The van der Waals surface area contributed by atoms with Gasteiger partial charge < -0.3 is 20.3 Å². The van der Waals surface area contributed by atoms with Crippen LogP contribution < -0.4 is 15.4 Å². The summed E-state index contributed by atoms with van der Waals surface area (Å²) in [5.74, 6) is -0.619. The van der Waals surface area contributed by atoms with Gasteiger partial charge in [0.25, 0.3) is 0 Å². The molecule has 1 aliphatic heterocycles. The molecule has 1 aliphatic rings. The molecule has 1 saturated heterocycles. The van der Waals surface area contributed by atoms with Crippen molar-refractivity contribution in [1.82, 2.24) is 14.7 Å². The largest absolute Gasteiger partial charge is 0.494 e. The number of piperazine rings is 1. The minimum Gasteiger partial charge on any atom is -0.494 e. The van der Waals surface area contributed by atoms with Gasteiger partial charge in [0.05, 0.1) is 23.5 Å². The lowest BCUT2D eigenvalue weighted by molar-refractivity contribution is -0.142. The Morgan fingerprint density at radius 2 is 1.90 bits per heavy atom. The molecule has 7 nitrogen and oxygen atoms in total. The zero-order valence-corrected chi connectivity index (χ0v) is 17.0. The number of methoxy groups -OCH3 is 1. The third-order valence-electron chi connectivity index (χ3n) is 4.92. The molecule has 12 heteroatoms. The number of nitrogen functional groups attached to an aromatic ring is 1. The van der Waals surface area contributed by atoms with Crippen molar-refractivity contribution in [1.29, 1.82) is 0 Å². The van der Waals surface area contributed by atoms with Crippen molar-refractivity contribution in [2.45, 2.75) is 19.6 Å². The van der Waals surface area contributed by atoms with Crippen LogP contribution >= 0.6 is 11.6 Å². The predicted molar refractivity (Wildman–Crippen MR) is 103 cm³/mol. The van der Waals surface area contributed by atoms with Crippen molar-refractivity contribution in [3.63, 3.8) is 0 Å². The van der Waals surface area contributed by atoms with Gasteiger partial charge in [-0.3, -0.25) is 9.48 Å². The number of nitrogens with zero attached hydrogens (tertiary/aromatic N) is 4. The first kappa shape index (κ1) is 22.0. The number of aromatic nitrogens is 2. The van der Waals surface area contributed by atoms with Crippen LogP contribution in [-0.2, 0) is 17.5 Å². The maximum absolute atomic E-state index is 13.6. The molecule has 0 unspecified atom stereocenters. The molecule has 0 atom stereocenters. The van der Waals surface area contributed by atoms with Crippen LogP contribution in [0.15, 0.2) is 12.1 Å². The molecule has 1 aromatic carbocycles. The summed E-state index contributed by atoms with van der Waals surface area (Å²) in [6.07, 6.45) is -4.70. The smallest absolute Gasteiger partial charge is 0.436 e. The van der Waals surface area contributed by atoms with Gasteiger partial charge in [0.1, 0.15) is 23.8 Å². The fraction of sp³-hybridized carbons (Fsp3) is 0.444. The van der Waals surface area contributed by atoms with E-state index in [1.807, 2.05) is 4.90 Å². The van der Waals surface area contributed by atoms with E-state index in [4.69, 9.17) is 22.1 Å². The number of hydrogen-bond acceptors (Lipinski definition) is 5. The Hall–Kier alpha value is -2.69. The molecule has 30 heavy (non-hydrogen) atoms. The number of anilines is 2. The minimum atomic E-state index is -4.70. The molecule has 0 radical (unpaired) electrons. The Balaban J connectivity index is 1.69. The normalized spacial score (nSPS) is 14.9. The SMILES string of the molecule is COc1cc(F)cc(N)c1N1CCN(C(=O)Cn2nc(C(F)(F)F)c(Cl)c2C)CC1. The monoisotopic (exact) mass is 449 g/mol. The van der Waals surface area contributed by atoms with E-state index in [0.717, 1.165) is 4.68 Å². The van der Waals surface area contributed by atoms with Gasteiger partial charge in [-0.2, -0.15) is 18.3 Å². The molecule has 2 heterocycles. The Labute approximate surface area is 174 Å². The first-order valence-electron chi connectivity index (χ1n) is 8.98. The van der Waals surface area contributed by atoms with Crippen molar-refractivity contribution in [2.24, 2.45) is 0 Å². The molecule has 1 fully saturated rings. The van der Waals surface area contributed by atoms with E-state index in [-0.39, 0.29) is 29.6 Å². The van der Waals surface area contributed by atoms with E-state index in [1.165, 1.54) is 31.1 Å². The summed E-state index contributed by atoms with van der Waals surface area (Å²) in [5, 5.41) is 2.94. The predicted octanol–water partition coefficient (Wildman–Crippen LogP) is 2.94. The summed E-state index contributed by atoms with van der Waals surface area (Å²) >= 11 is 5.72. The van der Waals surface area contributed by atoms with Crippen molar-refractivity contribution in [2.75, 3.05) is 43.9 Å². The maximum atomic E-state index is 13.6. The van der Waals surface area contributed by atoms with Crippen molar-refractivity contribution in [3.05, 3.63) is 34.4 Å². The number of carbonyl (C=O) groups excluding carboxylic acids is 1. The zero-order chi connectivity index (χ0) is 22.2. The number of carbonyl (C=O) groups is 1. The molecule has 3 rings (SSSR count). The highest BCUT2D eigenvalue weighted by Gasteiger charge is 2.38. The van der Waals surface area contributed by atoms with Gasteiger partial charge in [-0.25, -0.2) is 4.39 Å². The van der Waals surface area contributed by atoms with Crippen LogP contribution in [0.5, 0.6) is 5.75 Å². The fourth-order valence-electron chi connectivity index (χ4n) is 3.36. The summed E-state index contributed by atoms with van der Waals surface area (Å²) in [7, 11) is 1.41. The number of nitrogens with two attached hydrogens (primary N) is 1. The standard InChI is InChI=1S/C18H20ClF4N5O2/c1-10-15(19)17(18(21,22)23)25-28(10)9-14(29)26-3-5-27(6-4-26)16-12(24)7-11(20)8-13(16)30-2/h7-8H,3-6,9,24H2,1-2H3. The molecule has 0 aliphatic carbocycles. The third kappa shape index (κ3) is 4.25. The summed E-state index contributed by atoms with van der Waals surface area (Å²) in [5.41, 5.74) is 5.55. The lowest BCUT2D eigenvalue weighted by atomic mass is 10.2. The molecule has 0 spiro atoms. The molecular formula is C18H20ClF4N5O2. The van der Waals surface area contributed by atoms with Crippen LogP contribution in [0.3, 0.4) is 0 Å². The van der Waals surface area contributed by atoms with Gasteiger partial charge in [0, 0.05) is 32.2 Å². The van der Waals surface area contributed by atoms with Crippen LogP contribution in [0.4, 0.5) is 28.9 Å². The second-order valence-corrected chi connectivity index (χ2v) is 7.20. The average molecular weight is 450 g/mol. The number of amides is 1. The van der Waals surface area contributed by atoms with Crippen molar-refractivity contribution < 1.29 is 27.1 Å². The van der Waals surface area contributed by atoms with E-state index in [2.05, 4.69) is 5.10 Å². The molecular weight excluding hydrogens is 430 g/mol. The zero-order valence-electron chi connectivity index (χ0n) is 16.3. The molecule has 2 N–H and O–H groups in total. The Bertz CT molecular complexity index is 955. The first-order chi connectivity index (χ1) is 14.0. The Morgan fingerprint density at radius 1 is 1.27 bits per heavy atom. The van der Waals surface area contributed by atoms with Crippen LogP contribution in [0, 0.1) is 12.7 Å². The van der Waals surface area contributed by atoms with Gasteiger partial charge in [-0.15, -0.1) is 0 Å². The van der Waals surface area contributed by atoms with Gasteiger partial charge in [0.15, 0.2) is 5.69 Å². The second kappa shape index (κ2) is 8.21. The molecule has 1 amide bonds. The van der Waals surface area contributed by atoms with Crippen LogP contribution in [0.25, 0.3) is 0 Å². The average Bonchev–Trinajstić information content (AvgIpc) is 2.96. The molecule has 0 saturated carbocycles. The first-order valence-corrected chi connectivity index (χ1v) is 9.36. The number of hydrogen-bond donors (Lipinski definition) is 1. The van der Waals surface area contributed by atoms with Gasteiger partial charge in [0.2, 0.25) is 5.91 Å². The number of rotatable bonds is 4. The van der Waals surface area contributed by atoms with E-state index in [1.54, 1.807) is 0 Å². The lowest BCUT2D eigenvalue weighted by Crippen LogP contribution is -2.50. The third-order valence-corrected chi connectivity index (χ3v) is 5.38. The van der Waals surface area contributed by atoms with Gasteiger partial charge in [-0.05, 0) is 13.0 Å². The van der Waals surface area contributed by atoms with Crippen molar-refractivity contribution >= 4 is 28.9 Å². The Morgan fingerprint density at radius 3 is 2.43 bits per heavy atom. The number of alkyl halides is 3. The second-order valence-electron chi connectivity index (χ2n) is 6.82. The van der Waals surface area contributed by atoms with Gasteiger partial charge >= 0.3 is 6.18 Å². The van der Waals surface area contributed by atoms with E-state index in [0.29, 0.717) is 31.9 Å². The topological polar surface area (TPSA) is 76.6 Å². The summed E-state index contributed by atoms with van der Waals surface area (Å²) < 4.78 is 58.6. The summed E-state index contributed by atoms with van der Waals surface area (Å²) in [6.45, 7) is 2.41. The van der Waals surface area contributed by atoms with E-state index < -0.39 is 22.7 Å². The van der Waals surface area contributed by atoms with Crippen LogP contribution in [0.2, 0.25) is 5.02 Å². The molecule has 1 aromatic heterocycles. The Kier molecular flexibility index (Phi) is 6.02. The molecule has 0 bridgehead atoms. The van der Waals surface area contributed by atoms with Crippen molar-refractivity contribution in [3.8, 4) is 5.75 Å². The molecule has 164 valence electrons. The highest BCUT2D eigenvalue weighted by atomic mass is 35.5. The minimum absolute atomic E-state index is 0.0693. The fourth-order valence-corrected chi connectivity index (χ4v) is 3.60. The quantitative estimate of drug-likeness (QED) is 0.573. The number of halogens is 5. The highest BCUT2D eigenvalue weighted by Crippen LogP contribution is 2.36. The van der Waals surface area contributed by atoms with Crippen LogP contribution in [-0.4, -0.2) is 53.9 Å². The number of ether oxygens (including phenoxy) is 1. The van der Waals surface area contributed by atoms with E-state index in [9.17, 15) is 22.4 Å². The highest BCUT2D eigenvalue weighted by molar-refractivity contribution is 6.32. The summed E-state index contributed by atoms with van der Waals surface area (Å²) in [6, 6.07) is 2.42. The lowest BCUT2D eigenvalue weighted by Gasteiger charge is -2.37. The van der Waals surface area contributed by atoms with Crippen LogP contribution in [0.1, 0.15) is 11.4 Å². The van der Waals surface area contributed by atoms with Gasteiger partial charge in [-0.1, -0.05) is 11.6 Å². The van der Waals surface area contributed by atoms with E-state index >= 15 is 0 Å². The number of benzene rings is 1. The summed E-state index contributed by atoms with van der Waals surface area (Å²) in [4.78, 5) is 16.0. The maximum Gasteiger partial charge on any atom is 0.436 e. The molecule has 2 aromatic rings.